The molecule has 0 fully saturated rings. The van der Waals surface area contributed by atoms with E-state index in [1.54, 1.807) is 0 Å². The van der Waals surface area contributed by atoms with Gasteiger partial charge in [0.1, 0.15) is 11.2 Å². The average molecular weight is 706 g/mol. The standard InChI is InChI=1S/C53H39NO/c1-53(2)48-24-11-10-22-42(48)43-28-27-39(32-49(43)53)54(50-25-13-17-35-16-6-7-20-40(35)50)38-19-12-18-37(30-38)45-33-47-46-31-36(34-14-4-3-5-15-34)26-29-51(46)55-52(47)44-23-9-8-21-41(44)45/h3-7,9-20,22-33H,8,21H2,1-2H3. The summed E-state index contributed by atoms with van der Waals surface area (Å²) in [5.41, 5.74) is 18.1. The summed E-state index contributed by atoms with van der Waals surface area (Å²) in [7, 11) is 0. The van der Waals surface area contributed by atoms with E-state index < -0.39 is 0 Å². The van der Waals surface area contributed by atoms with Crippen molar-refractivity contribution in [3.63, 3.8) is 0 Å². The van der Waals surface area contributed by atoms with E-state index in [-0.39, 0.29) is 5.41 Å². The van der Waals surface area contributed by atoms with Gasteiger partial charge in [0.2, 0.25) is 0 Å². The third-order valence-electron chi connectivity index (χ3n) is 12.1. The smallest absolute Gasteiger partial charge is 0.142 e. The third-order valence-corrected chi connectivity index (χ3v) is 12.1. The van der Waals surface area contributed by atoms with Crippen molar-refractivity contribution in [1.29, 1.82) is 0 Å². The first-order valence-electron chi connectivity index (χ1n) is 19.4. The Balaban J connectivity index is 1.12. The van der Waals surface area contributed by atoms with E-state index >= 15 is 0 Å². The van der Waals surface area contributed by atoms with E-state index in [1.807, 2.05) is 0 Å². The molecular weight excluding hydrogens is 667 g/mol. The summed E-state index contributed by atoms with van der Waals surface area (Å²) in [6, 6.07) is 60.2. The fourth-order valence-corrected chi connectivity index (χ4v) is 9.39. The second-order valence-electron chi connectivity index (χ2n) is 15.6. The number of anilines is 3. The summed E-state index contributed by atoms with van der Waals surface area (Å²) < 4.78 is 6.67. The van der Waals surface area contributed by atoms with E-state index in [9.17, 15) is 0 Å². The van der Waals surface area contributed by atoms with E-state index in [0.29, 0.717) is 0 Å². The van der Waals surface area contributed by atoms with Gasteiger partial charge in [-0.3, -0.25) is 0 Å². The number of nitrogens with zero attached hydrogens (tertiary/aromatic N) is 1. The van der Waals surface area contributed by atoms with Crippen LogP contribution in [-0.4, -0.2) is 0 Å². The fourth-order valence-electron chi connectivity index (χ4n) is 9.39. The highest BCUT2D eigenvalue weighted by molar-refractivity contribution is 6.11. The molecule has 0 saturated heterocycles. The zero-order valence-electron chi connectivity index (χ0n) is 31.0. The van der Waals surface area contributed by atoms with Crippen LogP contribution in [0.15, 0.2) is 174 Å². The molecule has 0 radical (unpaired) electrons. The summed E-state index contributed by atoms with van der Waals surface area (Å²) in [5, 5.41) is 4.75. The number of benzene rings is 8. The van der Waals surface area contributed by atoms with Gasteiger partial charge in [-0.2, -0.15) is 0 Å². The molecule has 0 saturated carbocycles. The first-order chi connectivity index (χ1) is 27.0. The molecule has 0 amide bonds. The van der Waals surface area contributed by atoms with Gasteiger partial charge < -0.3 is 9.32 Å². The molecular formula is C53H39NO. The highest BCUT2D eigenvalue weighted by Crippen LogP contribution is 2.51. The van der Waals surface area contributed by atoms with Crippen molar-refractivity contribution >= 4 is 55.8 Å². The maximum Gasteiger partial charge on any atom is 0.142 e. The normalized spacial score (nSPS) is 13.9. The highest BCUT2D eigenvalue weighted by atomic mass is 16.3. The van der Waals surface area contributed by atoms with Crippen molar-refractivity contribution in [2.75, 3.05) is 4.90 Å². The van der Waals surface area contributed by atoms with Gasteiger partial charge in [-0.15, -0.1) is 0 Å². The number of hydrogen-bond acceptors (Lipinski definition) is 2. The molecule has 1 heterocycles. The summed E-state index contributed by atoms with van der Waals surface area (Å²) in [6.45, 7) is 4.72. The van der Waals surface area contributed by atoms with Crippen molar-refractivity contribution in [2.24, 2.45) is 0 Å². The molecule has 11 rings (SSSR count). The highest BCUT2D eigenvalue weighted by Gasteiger charge is 2.36. The van der Waals surface area contributed by atoms with Crippen LogP contribution in [0.4, 0.5) is 17.1 Å². The minimum Gasteiger partial charge on any atom is -0.455 e. The van der Waals surface area contributed by atoms with Crippen LogP contribution in [-0.2, 0) is 11.8 Å². The Bertz CT molecular complexity index is 3010. The number of hydrogen-bond donors (Lipinski definition) is 0. The van der Waals surface area contributed by atoms with Crippen molar-refractivity contribution in [2.45, 2.75) is 32.1 Å². The summed E-state index contributed by atoms with van der Waals surface area (Å²) >= 11 is 0. The lowest BCUT2D eigenvalue weighted by Gasteiger charge is -2.29. The summed E-state index contributed by atoms with van der Waals surface area (Å²) in [5.74, 6) is 0. The molecule has 0 unspecified atom stereocenters. The third kappa shape index (κ3) is 4.95. The summed E-state index contributed by atoms with van der Waals surface area (Å²) in [4.78, 5) is 2.47. The molecule has 9 aromatic rings. The van der Waals surface area contributed by atoms with Crippen LogP contribution < -0.4 is 4.90 Å². The lowest BCUT2D eigenvalue weighted by molar-refractivity contribution is 0.660. The van der Waals surface area contributed by atoms with E-state index in [0.717, 1.165) is 46.2 Å². The number of furan rings is 1. The van der Waals surface area contributed by atoms with Crippen molar-refractivity contribution < 1.29 is 4.42 Å². The van der Waals surface area contributed by atoms with E-state index in [2.05, 4.69) is 195 Å². The van der Waals surface area contributed by atoms with Gasteiger partial charge in [0.15, 0.2) is 0 Å². The maximum absolute atomic E-state index is 6.67. The summed E-state index contributed by atoms with van der Waals surface area (Å²) in [6.07, 6.45) is 6.56. The number of rotatable bonds is 5. The van der Waals surface area contributed by atoms with Gasteiger partial charge in [-0.25, -0.2) is 0 Å². The molecule has 2 aliphatic rings. The van der Waals surface area contributed by atoms with Crippen molar-refractivity contribution in [3.8, 4) is 33.4 Å². The topological polar surface area (TPSA) is 16.4 Å². The maximum atomic E-state index is 6.67. The van der Waals surface area contributed by atoms with Gasteiger partial charge in [0, 0.05) is 38.5 Å². The molecule has 8 aromatic carbocycles. The second-order valence-corrected chi connectivity index (χ2v) is 15.6. The SMILES string of the molecule is CC1(C)c2ccccc2-c2ccc(N(c3cccc(-c4cc5c(oc6ccc(-c7ccccc7)cc65)c5c4CCC=C5)c3)c3cccc4ccccc34)cc21. The Morgan fingerprint density at radius 2 is 1.29 bits per heavy atom. The van der Waals surface area contributed by atoms with E-state index in [4.69, 9.17) is 4.42 Å². The molecule has 2 heteroatoms. The Labute approximate surface area is 321 Å². The Kier molecular flexibility index (Phi) is 7.06. The molecule has 262 valence electrons. The van der Waals surface area contributed by atoms with Crippen LogP contribution in [0.2, 0.25) is 0 Å². The quantitative estimate of drug-likeness (QED) is 0.177. The van der Waals surface area contributed by atoms with Gasteiger partial charge in [0.05, 0.1) is 5.69 Å². The first kappa shape index (κ1) is 31.8. The largest absolute Gasteiger partial charge is 0.455 e. The van der Waals surface area contributed by atoms with Crippen LogP contribution >= 0.6 is 0 Å². The zero-order valence-corrected chi connectivity index (χ0v) is 31.0. The minimum absolute atomic E-state index is 0.107. The lowest BCUT2D eigenvalue weighted by atomic mass is 9.82. The predicted molar refractivity (Wildman–Crippen MR) is 232 cm³/mol. The predicted octanol–water partition coefficient (Wildman–Crippen LogP) is 14.8. The van der Waals surface area contributed by atoms with Crippen LogP contribution in [0, 0.1) is 0 Å². The zero-order chi connectivity index (χ0) is 36.7. The molecule has 55 heavy (non-hydrogen) atoms. The molecule has 0 bridgehead atoms. The average Bonchev–Trinajstić information content (AvgIpc) is 3.72. The Morgan fingerprint density at radius 3 is 2.22 bits per heavy atom. The molecule has 1 aromatic heterocycles. The van der Waals surface area contributed by atoms with Gasteiger partial charge >= 0.3 is 0 Å². The Hall–Kier alpha value is -6.64. The Morgan fingerprint density at radius 1 is 0.527 bits per heavy atom. The molecule has 2 nitrogen and oxygen atoms in total. The molecule has 2 aliphatic carbocycles. The van der Waals surface area contributed by atoms with Crippen LogP contribution in [0.1, 0.15) is 42.5 Å². The van der Waals surface area contributed by atoms with Crippen LogP contribution in [0.5, 0.6) is 0 Å². The molecule has 0 aliphatic heterocycles. The number of fused-ring (bicyclic) bond motifs is 9. The number of allylic oxidation sites excluding steroid dienone is 1. The second kappa shape index (κ2) is 12.2. The molecule has 0 atom stereocenters. The van der Waals surface area contributed by atoms with Crippen LogP contribution in [0.25, 0.3) is 72.2 Å². The van der Waals surface area contributed by atoms with Gasteiger partial charge in [-0.05, 0) is 117 Å². The minimum atomic E-state index is -0.107. The van der Waals surface area contributed by atoms with Gasteiger partial charge in [-0.1, -0.05) is 141 Å². The molecule has 0 N–H and O–H groups in total. The van der Waals surface area contributed by atoms with Crippen molar-refractivity contribution in [1.82, 2.24) is 0 Å². The first-order valence-corrected chi connectivity index (χ1v) is 19.4. The van der Waals surface area contributed by atoms with Gasteiger partial charge in [0.25, 0.3) is 0 Å². The fraction of sp³-hybridized carbons (Fsp3) is 0.0943. The van der Waals surface area contributed by atoms with E-state index in [1.165, 1.54) is 72.1 Å². The monoisotopic (exact) mass is 705 g/mol. The molecule has 0 spiro atoms. The van der Waals surface area contributed by atoms with Crippen molar-refractivity contribution in [3.05, 3.63) is 192 Å². The van der Waals surface area contributed by atoms with Crippen LogP contribution in [0.3, 0.4) is 0 Å². The lowest BCUT2D eigenvalue weighted by Crippen LogP contribution is -2.16.